The van der Waals surface area contributed by atoms with Gasteiger partial charge in [-0.3, -0.25) is 0 Å². The Balaban J connectivity index is 1.93. The van der Waals surface area contributed by atoms with E-state index in [1.165, 1.54) is 38.5 Å². The second kappa shape index (κ2) is 8.52. The summed E-state index contributed by atoms with van der Waals surface area (Å²) < 4.78 is 5.51. The molecule has 4 heteroatoms. The molecule has 120 valence electrons. The van der Waals surface area contributed by atoms with Gasteiger partial charge < -0.3 is 9.84 Å². The molecule has 2 rings (SSSR count). The Kier molecular flexibility index (Phi) is 6.68. The summed E-state index contributed by atoms with van der Waals surface area (Å²) in [6, 6.07) is 0.461. The molecule has 0 spiro atoms. The van der Waals surface area contributed by atoms with Crippen LogP contribution in [0.25, 0.3) is 0 Å². The van der Waals surface area contributed by atoms with Gasteiger partial charge in [0.15, 0.2) is 5.82 Å². The van der Waals surface area contributed by atoms with Crippen LogP contribution in [-0.4, -0.2) is 22.7 Å². The molecule has 1 aliphatic carbocycles. The molecule has 4 nitrogen and oxygen atoms in total. The van der Waals surface area contributed by atoms with E-state index in [-0.39, 0.29) is 0 Å². The van der Waals surface area contributed by atoms with E-state index >= 15 is 0 Å². The normalized spacial score (nSPS) is 24.1. The minimum absolute atomic E-state index is 0.461. The fourth-order valence-electron chi connectivity index (χ4n) is 3.54. The van der Waals surface area contributed by atoms with Crippen LogP contribution in [0.4, 0.5) is 0 Å². The van der Waals surface area contributed by atoms with Crippen LogP contribution < -0.4 is 5.32 Å². The van der Waals surface area contributed by atoms with Gasteiger partial charge in [0.25, 0.3) is 0 Å². The highest BCUT2D eigenvalue weighted by Crippen LogP contribution is 2.36. The second-order valence-electron chi connectivity index (χ2n) is 6.43. The quantitative estimate of drug-likeness (QED) is 0.785. The fraction of sp³-hybridized carbons (Fsp3) is 0.882. The van der Waals surface area contributed by atoms with Crippen molar-refractivity contribution in [2.24, 2.45) is 5.92 Å². The number of aromatic nitrogens is 2. The molecule has 1 aromatic heterocycles. The smallest absolute Gasteiger partial charge is 0.228 e. The number of hydrogen-bond acceptors (Lipinski definition) is 4. The molecular formula is C17H31N3O. The van der Waals surface area contributed by atoms with Crippen molar-refractivity contribution < 1.29 is 4.52 Å². The molecule has 1 aromatic rings. The first kappa shape index (κ1) is 16.5. The van der Waals surface area contributed by atoms with Gasteiger partial charge in [-0.05, 0) is 31.7 Å². The molecule has 1 aliphatic rings. The van der Waals surface area contributed by atoms with Crippen LogP contribution in [0, 0.1) is 5.92 Å². The summed E-state index contributed by atoms with van der Waals surface area (Å²) in [4.78, 5) is 4.69. The van der Waals surface area contributed by atoms with Gasteiger partial charge in [-0.25, -0.2) is 0 Å². The summed E-state index contributed by atoms with van der Waals surface area (Å²) in [5.74, 6) is 3.13. The van der Waals surface area contributed by atoms with Gasteiger partial charge in [-0.15, -0.1) is 0 Å². The molecule has 1 saturated carbocycles. The molecule has 1 heterocycles. The zero-order valence-corrected chi connectivity index (χ0v) is 13.9. The predicted octanol–water partition coefficient (Wildman–Crippen LogP) is 4.07. The summed E-state index contributed by atoms with van der Waals surface area (Å²) in [5.41, 5.74) is 0. The Morgan fingerprint density at radius 3 is 2.86 bits per heavy atom. The molecule has 0 amide bonds. The van der Waals surface area contributed by atoms with Gasteiger partial charge in [0, 0.05) is 18.4 Å². The lowest BCUT2D eigenvalue weighted by atomic mass is 9.80. The zero-order valence-electron chi connectivity index (χ0n) is 13.9. The van der Waals surface area contributed by atoms with E-state index < -0.39 is 0 Å². The SMILES string of the molecule is CCCC(Cc1nc(C2CCCC(CC)C2)no1)NCC. The second-order valence-corrected chi connectivity index (χ2v) is 6.43. The van der Waals surface area contributed by atoms with E-state index in [4.69, 9.17) is 4.52 Å². The van der Waals surface area contributed by atoms with Crippen molar-refractivity contribution in [3.05, 3.63) is 11.7 Å². The lowest BCUT2D eigenvalue weighted by Gasteiger charge is -2.26. The number of rotatable bonds is 8. The highest BCUT2D eigenvalue weighted by atomic mass is 16.5. The number of nitrogens with one attached hydrogen (secondary N) is 1. The summed E-state index contributed by atoms with van der Waals surface area (Å²) in [5, 5.41) is 7.78. The lowest BCUT2D eigenvalue weighted by Crippen LogP contribution is -2.30. The van der Waals surface area contributed by atoms with E-state index in [0.717, 1.165) is 37.0 Å². The predicted molar refractivity (Wildman–Crippen MR) is 85.4 cm³/mol. The maximum absolute atomic E-state index is 5.51. The van der Waals surface area contributed by atoms with Crippen molar-refractivity contribution in [2.75, 3.05) is 6.54 Å². The fourth-order valence-corrected chi connectivity index (χ4v) is 3.54. The molecule has 0 aliphatic heterocycles. The molecule has 0 radical (unpaired) electrons. The summed E-state index contributed by atoms with van der Waals surface area (Å²) in [6.07, 6.45) is 9.62. The van der Waals surface area contributed by atoms with Crippen LogP contribution in [0.2, 0.25) is 0 Å². The third kappa shape index (κ3) is 4.80. The Hall–Kier alpha value is -0.900. The first-order valence-corrected chi connectivity index (χ1v) is 8.82. The van der Waals surface area contributed by atoms with Crippen molar-refractivity contribution in [1.29, 1.82) is 0 Å². The van der Waals surface area contributed by atoms with Crippen LogP contribution in [0.3, 0.4) is 0 Å². The Morgan fingerprint density at radius 1 is 1.29 bits per heavy atom. The average Bonchev–Trinajstić information content (AvgIpc) is 2.96. The maximum Gasteiger partial charge on any atom is 0.228 e. The molecule has 0 aromatic carbocycles. The van der Waals surface area contributed by atoms with E-state index in [0.29, 0.717) is 12.0 Å². The Bertz CT molecular complexity index is 398. The maximum atomic E-state index is 5.51. The molecule has 0 saturated heterocycles. The highest BCUT2D eigenvalue weighted by molar-refractivity contribution is 4.99. The minimum atomic E-state index is 0.461. The van der Waals surface area contributed by atoms with E-state index in [9.17, 15) is 0 Å². The largest absolute Gasteiger partial charge is 0.339 e. The van der Waals surface area contributed by atoms with Gasteiger partial charge in [-0.2, -0.15) is 4.98 Å². The van der Waals surface area contributed by atoms with Crippen LogP contribution in [0.5, 0.6) is 0 Å². The summed E-state index contributed by atoms with van der Waals surface area (Å²) in [7, 11) is 0. The minimum Gasteiger partial charge on any atom is -0.339 e. The zero-order chi connectivity index (χ0) is 15.1. The van der Waals surface area contributed by atoms with E-state index in [1.54, 1.807) is 0 Å². The third-order valence-corrected chi connectivity index (χ3v) is 4.76. The van der Waals surface area contributed by atoms with Gasteiger partial charge in [0.1, 0.15) is 0 Å². The lowest BCUT2D eigenvalue weighted by molar-refractivity contribution is 0.296. The number of hydrogen-bond donors (Lipinski definition) is 1. The van der Waals surface area contributed by atoms with Gasteiger partial charge in [0.2, 0.25) is 5.89 Å². The van der Waals surface area contributed by atoms with Crippen molar-refractivity contribution in [2.45, 2.75) is 84.1 Å². The van der Waals surface area contributed by atoms with Crippen molar-refractivity contribution in [3.8, 4) is 0 Å². The van der Waals surface area contributed by atoms with Gasteiger partial charge >= 0.3 is 0 Å². The van der Waals surface area contributed by atoms with Crippen molar-refractivity contribution >= 4 is 0 Å². The summed E-state index contributed by atoms with van der Waals surface area (Å²) in [6.45, 7) is 7.65. The molecule has 3 unspecified atom stereocenters. The standard InChI is InChI=1S/C17H31N3O/c1-4-8-15(18-6-3)12-16-19-17(20-21-16)14-10-7-9-13(5-2)11-14/h13-15,18H,4-12H2,1-3H3. The Morgan fingerprint density at radius 2 is 2.14 bits per heavy atom. The number of likely N-dealkylation sites (N-methyl/N-ethyl adjacent to an activating group) is 1. The topological polar surface area (TPSA) is 51.0 Å². The van der Waals surface area contributed by atoms with Crippen LogP contribution in [-0.2, 0) is 6.42 Å². The summed E-state index contributed by atoms with van der Waals surface area (Å²) >= 11 is 0. The van der Waals surface area contributed by atoms with Crippen LogP contribution >= 0.6 is 0 Å². The molecular weight excluding hydrogens is 262 g/mol. The van der Waals surface area contributed by atoms with E-state index in [1.807, 2.05) is 0 Å². The molecule has 21 heavy (non-hydrogen) atoms. The molecule has 3 atom stereocenters. The van der Waals surface area contributed by atoms with E-state index in [2.05, 4.69) is 36.2 Å². The Labute approximate surface area is 129 Å². The highest BCUT2D eigenvalue weighted by Gasteiger charge is 2.26. The van der Waals surface area contributed by atoms with Crippen molar-refractivity contribution in [3.63, 3.8) is 0 Å². The first-order chi connectivity index (χ1) is 10.3. The van der Waals surface area contributed by atoms with Crippen molar-refractivity contribution in [1.82, 2.24) is 15.5 Å². The first-order valence-electron chi connectivity index (χ1n) is 8.82. The number of nitrogens with zero attached hydrogens (tertiary/aromatic N) is 2. The van der Waals surface area contributed by atoms with Crippen LogP contribution in [0.15, 0.2) is 4.52 Å². The van der Waals surface area contributed by atoms with Crippen LogP contribution in [0.1, 0.15) is 83.3 Å². The van der Waals surface area contributed by atoms with Gasteiger partial charge in [0.05, 0.1) is 0 Å². The third-order valence-electron chi connectivity index (χ3n) is 4.76. The molecule has 1 N–H and O–H groups in total. The molecule has 0 bridgehead atoms. The molecule has 1 fully saturated rings. The van der Waals surface area contributed by atoms with Gasteiger partial charge in [-0.1, -0.05) is 51.6 Å². The monoisotopic (exact) mass is 293 g/mol. The average molecular weight is 293 g/mol.